The highest BCUT2D eigenvalue weighted by Crippen LogP contribution is 2.24. The fraction of sp³-hybridized carbons (Fsp3) is 0.364. The topological polar surface area (TPSA) is 75.5 Å². The molecule has 0 fully saturated rings. The van der Waals surface area contributed by atoms with Crippen LogP contribution in [-0.2, 0) is 4.79 Å². The van der Waals surface area contributed by atoms with E-state index in [1.165, 1.54) is 4.90 Å². The minimum atomic E-state index is -1.11. The third-order valence-electron chi connectivity index (χ3n) is 2.55. The molecule has 1 aromatic rings. The van der Waals surface area contributed by atoms with E-state index in [-0.39, 0.29) is 12.5 Å². The van der Waals surface area contributed by atoms with Gasteiger partial charge in [0.25, 0.3) is 5.69 Å². The molecule has 0 atom stereocenters. The molecule has 0 saturated carbocycles. The average Bonchev–Trinajstić information content (AvgIpc) is 2.36. The number of nitrogens with one attached hydrogen (secondary N) is 1. The number of hydrogen-bond acceptors (Lipinski definition) is 4. The number of hydrogen-bond donors (Lipinski definition) is 1. The fourth-order valence-corrected chi connectivity index (χ4v) is 1.31. The second kappa shape index (κ2) is 6.07. The zero-order valence-electron chi connectivity index (χ0n) is 10.4. The zero-order chi connectivity index (χ0) is 14.6. The molecule has 0 aliphatic rings. The van der Waals surface area contributed by atoms with Crippen molar-refractivity contribution >= 4 is 17.3 Å². The molecule has 0 saturated heterocycles. The Morgan fingerprint density at radius 2 is 1.95 bits per heavy atom. The molecule has 104 valence electrons. The minimum absolute atomic E-state index is 0.296. The monoisotopic (exact) mass is 273 g/mol. The van der Waals surface area contributed by atoms with E-state index < -0.39 is 27.9 Å². The number of rotatable bonds is 5. The summed E-state index contributed by atoms with van der Waals surface area (Å²) in [5, 5.41) is 12.7. The molecule has 0 radical (unpaired) electrons. The van der Waals surface area contributed by atoms with E-state index in [2.05, 4.69) is 5.32 Å². The Hall–Kier alpha value is -2.25. The average molecular weight is 273 g/mol. The first kappa shape index (κ1) is 14.8. The number of anilines is 1. The van der Waals surface area contributed by atoms with Crippen LogP contribution in [-0.4, -0.2) is 35.9 Å². The molecule has 19 heavy (non-hydrogen) atoms. The van der Waals surface area contributed by atoms with E-state index in [4.69, 9.17) is 0 Å². The Balaban J connectivity index is 2.85. The molecule has 8 heteroatoms. The largest absolute Gasteiger partial charge is 0.371 e. The summed E-state index contributed by atoms with van der Waals surface area (Å²) in [7, 11) is 1.55. The molecule has 0 bridgehead atoms. The summed E-state index contributed by atoms with van der Waals surface area (Å²) in [5.74, 6) is -2.57. The van der Waals surface area contributed by atoms with Crippen LogP contribution in [0.1, 0.15) is 6.92 Å². The van der Waals surface area contributed by atoms with Crippen molar-refractivity contribution in [2.24, 2.45) is 0 Å². The number of carbonyl (C=O) groups excluding carboxylic acids is 1. The molecule has 0 spiro atoms. The van der Waals surface area contributed by atoms with Gasteiger partial charge in [-0.1, -0.05) is 0 Å². The molecule has 1 aromatic carbocycles. The zero-order valence-corrected chi connectivity index (χ0v) is 10.4. The van der Waals surface area contributed by atoms with Crippen LogP contribution in [0.15, 0.2) is 12.1 Å². The second-order valence-electron chi connectivity index (χ2n) is 3.80. The first-order valence-electron chi connectivity index (χ1n) is 5.48. The van der Waals surface area contributed by atoms with Crippen LogP contribution in [0.3, 0.4) is 0 Å². The molecule has 1 amide bonds. The molecular formula is C11H13F2N3O3. The van der Waals surface area contributed by atoms with E-state index in [0.717, 1.165) is 0 Å². The van der Waals surface area contributed by atoms with Crippen LogP contribution < -0.4 is 5.32 Å². The molecule has 1 N–H and O–H groups in total. The minimum Gasteiger partial charge on any atom is -0.371 e. The second-order valence-corrected chi connectivity index (χ2v) is 3.80. The van der Waals surface area contributed by atoms with Gasteiger partial charge in [-0.05, 0) is 6.92 Å². The van der Waals surface area contributed by atoms with E-state index in [0.29, 0.717) is 18.7 Å². The van der Waals surface area contributed by atoms with Gasteiger partial charge in [-0.25, -0.2) is 8.78 Å². The molecule has 0 aliphatic heterocycles. The van der Waals surface area contributed by atoms with Crippen molar-refractivity contribution in [3.05, 3.63) is 33.9 Å². The number of likely N-dealkylation sites (N-methyl/N-ethyl adjacent to an activating group) is 1. The predicted octanol–water partition coefficient (Wildman–Crippen LogP) is 1.76. The maximum absolute atomic E-state index is 13.5. The number of nitro benzene ring substituents is 1. The standard InChI is InChI=1S/C11H13F2N3O3/c1-3-15(2)10(17)6-14-11-8(12)4-7(16(18)19)5-9(11)13/h4-5,14H,3,6H2,1-2H3. The summed E-state index contributed by atoms with van der Waals surface area (Å²) in [6, 6.07) is 1.19. The lowest BCUT2D eigenvalue weighted by molar-refractivity contribution is -0.385. The van der Waals surface area contributed by atoms with Gasteiger partial charge in [0.1, 0.15) is 5.69 Å². The van der Waals surface area contributed by atoms with Crippen molar-refractivity contribution in [1.29, 1.82) is 0 Å². The lowest BCUT2D eigenvalue weighted by atomic mass is 10.2. The normalized spacial score (nSPS) is 10.1. The van der Waals surface area contributed by atoms with E-state index >= 15 is 0 Å². The summed E-state index contributed by atoms with van der Waals surface area (Å²) < 4.78 is 26.9. The molecule has 1 rings (SSSR count). The van der Waals surface area contributed by atoms with Gasteiger partial charge in [-0.15, -0.1) is 0 Å². The SMILES string of the molecule is CCN(C)C(=O)CNc1c(F)cc([N+](=O)[O-])cc1F. The Bertz CT molecular complexity index is 485. The highest BCUT2D eigenvalue weighted by molar-refractivity contribution is 5.80. The van der Waals surface area contributed by atoms with Gasteiger partial charge in [0.2, 0.25) is 5.91 Å². The molecule has 0 aliphatic carbocycles. The van der Waals surface area contributed by atoms with Crippen LogP contribution in [0.5, 0.6) is 0 Å². The Morgan fingerprint density at radius 3 is 2.37 bits per heavy atom. The third kappa shape index (κ3) is 3.60. The summed E-state index contributed by atoms with van der Waals surface area (Å²) in [5.41, 5.74) is -1.24. The van der Waals surface area contributed by atoms with Crippen molar-refractivity contribution < 1.29 is 18.5 Å². The van der Waals surface area contributed by atoms with Crippen molar-refractivity contribution in [1.82, 2.24) is 4.90 Å². The molecular weight excluding hydrogens is 260 g/mol. The van der Waals surface area contributed by atoms with E-state index in [1.807, 2.05) is 0 Å². The van der Waals surface area contributed by atoms with Crippen molar-refractivity contribution in [2.45, 2.75) is 6.92 Å². The Kier molecular flexibility index (Phi) is 4.74. The van der Waals surface area contributed by atoms with Crippen molar-refractivity contribution in [3.8, 4) is 0 Å². The first-order valence-corrected chi connectivity index (χ1v) is 5.48. The Morgan fingerprint density at radius 1 is 1.42 bits per heavy atom. The third-order valence-corrected chi connectivity index (χ3v) is 2.55. The van der Waals surface area contributed by atoms with Gasteiger partial charge in [0.15, 0.2) is 11.6 Å². The molecule has 0 aromatic heterocycles. The molecule has 6 nitrogen and oxygen atoms in total. The van der Waals surface area contributed by atoms with Gasteiger partial charge in [-0.3, -0.25) is 14.9 Å². The number of halogens is 2. The van der Waals surface area contributed by atoms with Crippen molar-refractivity contribution in [3.63, 3.8) is 0 Å². The fourth-order valence-electron chi connectivity index (χ4n) is 1.31. The maximum Gasteiger partial charge on any atom is 0.275 e. The van der Waals surface area contributed by atoms with Crippen LogP contribution in [0.4, 0.5) is 20.2 Å². The van der Waals surface area contributed by atoms with Crippen molar-refractivity contribution in [2.75, 3.05) is 25.5 Å². The quantitative estimate of drug-likeness (QED) is 0.655. The number of carbonyl (C=O) groups is 1. The predicted molar refractivity (Wildman–Crippen MR) is 64.8 cm³/mol. The van der Waals surface area contributed by atoms with Gasteiger partial charge in [0.05, 0.1) is 23.6 Å². The number of nitro groups is 1. The summed E-state index contributed by atoms with van der Waals surface area (Å²) in [6.07, 6.45) is 0. The van der Waals surface area contributed by atoms with Gasteiger partial charge < -0.3 is 10.2 Å². The van der Waals surface area contributed by atoms with Crippen LogP contribution >= 0.6 is 0 Å². The highest BCUT2D eigenvalue weighted by atomic mass is 19.1. The summed E-state index contributed by atoms with van der Waals surface area (Å²) in [6.45, 7) is 1.92. The lowest BCUT2D eigenvalue weighted by Gasteiger charge is -2.15. The van der Waals surface area contributed by atoms with Gasteiger partial charge in [0, 0.05) is 13.6 Å². The smallest absolute Gasteiger partial charge is 0.275 e. The van der Waals surface area contributed by atoms with E-state index in [9.17, 15) is 23.7 Å². The van der Waals surface area contributed by atoms with E-state index in [1.54, 1.807) is 14.0 Å². The number of non-ortho nitro benzene ring substituents is 1. The van der Waals surface area contributed by atoms with Gasteiger partial charge >= 0.3 is 0 Å². The first-order chi connectivity index (χ1) is 8.86. The molecule has 0 unspecified atom stereocenters. The van der Waals surface area contributed by atoms with Gasteiger partial charge in [-0.2, -0.15) is 0 Å². The Labute approximate surface area is 108 Å². The van der Waals surface area contributed by atoms with Crippen LogP contribution in [0.2, 0.25) is 0 Å². The summed E-state index contributed by atoms with van der Waals surface area (Å²) >= 11 is 0. The highest BCUT2D eigenvalue weighted by Gasteiger charge is 2.17. The van der Waals surface area contributed by atoms with Crippen LogP contribution in [0, 0.1) is 21.7 Å². The number of nitrogens with zero attached hydrogens (tertiary/aromatic N) is 2. The number of amides is 1. The maximum atomic E-state index is 13.5. The molecule has 0 heterocycles. The number of benzene rings is 1. The lowest BCUT2D eigenvalue weighted by Crippen LogP contribution is -2.32. The van der Waals surface area contributed by atoms with Crippen LogP contribution in [0.25, 0.3) is 0 Å². The summed E-state index contributed by atoms with van der Waals surface area (Å²) in [4.78, 5) is 22.3.